The Balaban J connectivity index is 0.00000225. The Kier molecular flexibility index (Phi) is 10.0. The van der Waals surface area contributed by atoms with E-state index in [1.54, 1.807) is 43.7 Å². The van der Waals surface area contributed by atoms with E-state index in [-0.39, 0.29) is 46.8 Å². The highest BCUT2D eigenvalue weighted by atomic mass is 35.5. The summed E-state index contributed by atoms with van der Waals surface area (Å²) in [6.45, 7) is 0.455. The monoisotopic (exact) mass is 491 g/mol. The number of hydrogen-bond donors (Lipinski definition) is 1. The molecule has 0 bridgehead atoms. The van der Waals surface area contributed by atoms with Crippen LogP contribution in [-0.2, 0) is 16.6 Å². The fourth-order valence-corrected chi connectivity index (χ4v) is 4.19. The highest BCUT2D eigenvalue weighted by Crippen LogP contribution is 2.29. The van der Waals surface area contributed by atoms with Gasteiger partial charge in [0.2, 0.25) is 10.0 Å². The molecule has 0 fully saturated rings. The third-order valence-electron chi connectivity index (χ3n) is 4.03. The Morgan fingerprint density at radius 3 is 2.63 bits per heavy atom. The second kappa shape index (κ2) is 11.5. The van der Waals surface area contributed by atoms with Gasteiger partial charge in [-0.2, -0.15) is 0 Å². The van der Waals surface area contributed by atoms with Crippen molar-refractivity contribution in [1.29, 1.82) is 0 Å². The number of aromatic nitrogens is 2. The Morgan fingerprint density at radius 1 is 1.23 bits per heavy atom. The highest BCUT2D eigenvalue weighted by Gasteiger charge is 2.20. The molecule has 0 radical (unpaired) electrons. The molecular formula is C20H21Cl3FN3O2S. The van der Waals surface area contributed by atoms with E-state index in [2.05, 4.69) is 10.3 Å². The molecule has 3 rings (SSSR count). The molecule has 0 unspecified atom stereocenters. The first kappa shape index (κ1) is 26.1. The zero-order valence-corrected chi connectivity index (χ0v) is 19.2. The Morgan fingerprint density at radius 2 is 2.00 bits per heavy atom. The van der Waals surface area contributed by atoms with E-state index < -0.39 is 15.8 Å². The van der Waals surface area contributed by atoms with Crippen molar-refractivity contribution in [2.24, 2.45) is 0 Å². The van der Waals surface area contributed by atoms with Crippen LogP contribution in [0.1, 0.15) is 11.1 Å². The lowest BCUT2D eigenvalue weighted by Gasteiger charge is -2.10. The molecule has 0 aliphatic carbocycles. The van der Waals surface area contributed by atoms with Gasteiger partial charge < -0.3 is 5.32 Å². The molecule has 0 atom stereocenters. The predicted molar refractivity (Wildman–Crippen MR) is 125 cm³/mol. The molecule has 0 saturated carbocycles. The largest absolute Gasteiger partial charge is 0.316 e. The summed E-state index contributed by atoms with van der Waals surface area (Å²) >= 11 is 5.83. The van der Waals surface area contributed by atoms with Crippen molar-refractivity contribution in [1.82, 2.24) is 14.3 Å². The van der Waals surface area contributed by atoms with Crippen molar-refractivity contribution in [2.75, 3.05) is 12.8 Å². The van der Waals surface area contributed by atoms with Crippen molar-refractivity contribution < 1.29 is 12.8 Å². The van der Waals surface area contributed by atoms with E-state index in [0.717, 1.165) is 15.1 Å². The van der Waals surface area contributed by atoms with Crippen molar-refractivity contribution in [2.45, 2.75) is 6.54 Å². The maximum atomic E-state index is 14.4. The summed E-state index contributed by atoms with van der Waals surface area (Å²) < 4.78 is 41.4. The molecule has 30 heavy (non-hydrogen) atoms. The highest BCUT2D eigenvalue weighted by molar-refractivity contribution is 7.90. The van der Waals surface area contributed by atoms with Crippen LogP contribution in [0.25, 0.3) is 17.3 Å². The van der Waals surface area contributed by atoms with E-state index in [9.17, 15) is 12.8 Å². The summed E-state index contributed by atoms with van der Waals surface area (Å²) in [5.74, 6) is -0.818. The molecule has 162 valence electrons. The molecule has 0 aliphatic rings. The van der Waals surface area contributed by atoms with Gasteiger partial charge >= 0.3 is 0 Å². The van der Waals surface area contributed by atoms with Crippen LogP contribution in [0.15, 0.2) is 61.1 Å². The molecular weight excluding hydrogens is 472 g/mol. The number of halogens is 4. The fraction of sp³-hybridized carbons (Fsp3) is 0.150. The standard InChI is InChI=1S/C20H19ClFN3O2S.2ClH/c1-23-12-16-10-20(18-7-6-17(21)11-19(18)22)25(14-16)28(26,27)9-3-5-15-4-2-8-24-13-15;;/h2-8,10-11,13-14,23H,9,12H2,1H3;2*1H. The second-order valence-corrected chi connectivity index (χ2v) is 8.48. The number of hydrogen-bond acceptors (Lipinski definition) is 4. The second-order valence-electron chi connectivity index (χ2n) is 6.15. The molecule has 2 aromatic heterocycles. The van der Waals surface area contributed by atoms with Crippen LogP contribution < -0.4 is 5.32 Å². The van der Waals surface area contributed by atoms with Crippen LogP contribution in [0.3, 0.4) is 0 Å². The topological polar surface area (TPSA) is 64.0 Å². The van der Waals surface area contributed by atoms with Crippen molar-refractivity contribution in [3.05, 3.63) is 83.0 Å². The minimum atomic E-state index is -3.75. The Labute approximate surface area is 192 Å². The summed E-state index contributed by atoms with van der Waals surface area (Å²) in [6.07, 6.45) is 8.02. The van der Waals surface area contributed by atoms with Gasteiger partial charge in [0.1, 0.15) is 5.82 Å². The van der Waals surface area contributed by atoms with Gasteiger partial charge in [-0.3, -0.25) is 4.98 Å². The molecule has 5 nitrogen and oxygen atoms in total. The Bertz CT molecular complexity index is 1100. The number of nitrogens with one attached hydrogen (secondary N) is 1. The maximum Gasteiger partial charge on any atom is 0.242 e. The lowest BCUT2D eigenvalue weighted by atomic mass is 10.1. The average Bonchev–Trinajstić information content (AvgIpc) is 3.07. The number of benzene rings is 1. The molecule has 1 N–H and O–H groups in total. The number of pyridine rings is 1. The zero-order valence-electron chi connectivity index (χ0n) is 16.0. The molecule has 2 heterocycles. The number of nitrogens with zero attached hydrogens (tertiary/aromatic N) is 2. The summed E-state index contributed by atoms with van der Waals surface area (Å²) in [4.78, 5) is 3.99. The third kappa shape index (κ3) is 6.30. The summed E-state index contributed by atoms with van der Waals surface area (Å²) in [6, 6.07) is 9.43. The lowest BCUT2D eigenvalue weighted by Crippen LogP contribution is -2.16. The quantitative estimate of drug-likeness (QED) is 0.515. The molecule has 3 aromatic rings. The molecule has 10 heteroatoms. The van der Waals surface area contributed by atoms with Gasteiger partial charge in [-0.25, -0.2) is 16.8 Å². The van der Waals surface area contributed by atoms with Crippen LogP contribution in [0, 0.1) is 5.82 Å². The summed E-state index contributed by atoms with van der Waals surface area (Å²) in [5.41, 5.74) is 1.96. The number of rotatable bonds is 7. The average molecular weight is 493 g/mol. The summed E-state index contributed by atoms with van der Waals surface area (Å²) in [7, 11) is -2.00. The van der Waals surface area contributed by atoms with E-state index in [1.165, 1.54) is 24.4 Å². The zero-order chi connectivity index (χ0) is 20.1. The van der Waals surface area contributed by atoms with Crippen molar-refractivity contribution in [3.8, 4) is 11.3 Å². The normalized spacial score (nSPS) is 11.2. The van der Waals surface area contributed by atoms with Gasteiger partial charge in [-0.15, -0.1) is 24.8 Å². The lowest BCUT2D eigenvalue weighted by molar-refractivity contribution is 0.590. The first-order valence-electron chi connectivity index (χ1n) is 8.52. The SMILES string of the molecule is CNCc1cc(-c2ccc(Cl)cc2F)n(S(=O)(=O)CC=Cc2cccnc2)c1.Cl.Cl. The van der Waals surface area contributed by atoms with Gasteiger partial charge in [0.15, 0.2) is 0 Å². The predicted octanol–water partition coefficient (Wildman–Crippen LogP) is 4.80. The fourth-order valence-electron chi connectivity index (χ4n) is 2.78. The first-order chi connectivity index (χ1) is 13.4. The van der Waals surface area contributed by atoms with Crippen LogP contribution in [0.2, 0.25) is 5.02 Å². The van der Waals surface area contributed by atoms with Crippen LogP contribution in [-0.4, -0.2) is 30.2 Å². The third-order valence-corrected chi connectivity index (χ3v) is 5.78. The molecule has 0 spiro atoms. The minimum absolute atomic E-state index is 0. The van der Waals surface area contributed by atoms with Crippen LogP contribution in [0.5, 0.6) is 0 Å². The van der Waals surface area contributed by atoms with Gasteiger partial charge in [-0.1, -0.05) is 29.8 Å². The van der Waals surface area contributed by atoms with E-state index in [1.807, 2.05) is 6.07 Å². The molecule has 0 saturated heterocycles. The van der Waals surface area contributed by atoms with Gasteiger partial charge in [0.05, 0.1) is 11.4 Å². The molecule has 0 amide bonds. The van der Waals surface area contributed by atoms with Crippen LogP contribution >= 0.6 is 36.4 Å². The minimum Gasteiger partial charge on any atom is -0.316 e. The van der Waals surface area contributed by atoms with Crippen molar-refractivity contribution in [3.63, 3.8) is 0 Å². The van der Waals surface area contributed by atoms with Gasteiger partial charge in [0, 0.05) is 35.7 Å². The molecule has 0 aliphatic heterocycles. The van der Waals surface area contributed by atoms with E-state index in [0.29, 0.717) is 6.54 Å². The summed E-state index contributed by atoms with van der Waals surface area (Å²) in [5, 5.41) is 3.22. The van der Waals surface area contributed by atoms with Gasteiger partial charge in [-0.05, 0) is 48.5 Å². The van der Waals surface area contributed by atoms with Crippen LogP contribution in [0.4, 0.5) is 4.39 Å². The smallest absolute Gasteiger partial charge is 0.242 e. The Hall–Kier alpha value is -1.90. The maximum absolute atomic E-state index is 14.4. The van der Waals surface area contributed by atoms with E-state index in [4.69, 9.17) is 11.6 Å². The van der Waals surface area contributed by atoms with Crippen molar-refractivity contribution >= 4 is 52.5 Å². The van der Waals surface area contributed by atoms with E-state index >= 15 is 0 Å². The first-order valence-corrected chi connectivity index (χ1v) is 10.5. The van der Waals surface area contributed by atoms with Gasteiger partial charge in [0.25, 0.3) is 0 Å². The molecule has 1 aromatic carbocycles.